The number of nitrogens with zero attached hydrogens (tertiary/aromatic N) is 1. The Bertz CT molecular complexity index is 1080. The summed E-state index contributed by atoms with van der Waals surface area (Å²) in [5.41, 5.74) is 3.53. The molecule has 2 aromatic carbocycles. The number of guanidine groups is 1. The second kappa shape index (κ2) is 9.96. The fourth-order valence-electron chi connectivity index (χ4n) is 3.50. The molecule has 0 radical (unpaired) electrons. The molecule has 1 fully saturated rings. The molecule has 1 aliphatic carbocycles. The molecule has 0 aliphatic heterocycles. The molecule has 31 heavy (non-hydrogen) atoms. The number of hydrogen-bond acceptors (Lipinski definition) is 4. The summed E-state index contributed by atoms with van der Waals surface area (Å²) in [5, 5.41) is 9.50. The fraction of sp³-hybridized carbons (Fsp3) is 0.391. The highest BCUT2D eigenvalue weighted by Crippen LogP contribution is 2.27. The van der Waals surface area contributed by atoms with Gasteiger partial charge < -0.3 is 16.0 Å². The van der Waals surface area contributed by atoms with Crippen molar-refractivity contribution in [3.63, 3.8) is 0 Å². The first kappa shape index (κ1) is 22.8. The van der Waals surface area contributed by atoms with Gasteiger partial charge in [-0.2, -0.15) is 0 Å². The maximum Gasteiger partial charge on any atom is 0.227 e. The molecule has 1 aliphatic rings. The SMILES string of the molecule is CN=C(NCc1cccc(NC(=O)C2CCC2)c1)NCc1ccc(S(C)(=O)=O)c(C)c1. The van der Waals surface area contributed by atoms with E-state index in [1.165, 1.54) is 6.26 Å². The molecule has 3 N–H and O–H groups in total. The van der Waals surface area contributed by atoms with Crippen molar-refractivity contribution in [3.05, 3.63) is 59.2 Å². The van der Waals surface area contributed by atoms with Crippen LogP contribution >= 0.6 is 0 Å². The summed E-state index contributed by atoms with van der Waals surface area (Å²) in [6.45, 7) is 2.87. The number of carbonyl (C=O) groups excluding carboxylic acids is 1. The molecule has 1 saturated carbocycles. The lowest BCUT2D eigenvalue weighted by Gasteiger charge is -2.24. The van der Waals surface area contributed by atoms with Gasteiger partial charge in [0.25, 0.3) is 0 Å². The van der Waals surface area contributed by atoms with Crippen molar-refractivity contribution in [3.8, 4) is 0 Å². The minimum Gasteiger partial charge on any atom is -0.352 e. The van der Waals surface area contributed by atoms with E-state index in [0.29, 0.717) is 23.9 Å². The Morgan fingerprint density at radius 2 is 1.74 bits per heavy atom. The lowest BCUT2D eigenvalue weighted by Crippen LogP contribution is -2.36. The van der Waals surface area contributed by atoms with Crippen LogP contribution in [0.25, 0.3) is 0 Å². The van der Waals surface area contributed by atoms with Gasteiger partial charge in [0.05, 0.1) is 4.90 Å². The quantitative estimate of drug-likeness (QED) is 0.452. The highest BCUT2D eigenvalue weighted by molar-refractivity contribution is 7.90. The van der Waals surface area contributed by atoms with E-state index < -0.39 is 9.84 Å². The van der Waals surface area contributed by atoms with Gasteiger partial charge >= 0.3 is 0 Å². The van der Waals surface area contributed by atoms with Crippen LogP contribution in [0.1, 0.15) is 36.0 Å². The average Bonchev–Trinajstić information content (AvgIpc) is 2.66. The summed E-state index contributed by atoms with van der Waals surface area (Å²) in [4.78, 5) is 16.7. The van der Waals surface area contributed by atoms with Gasteiger partial charge in [-0.1, -0.05) is 30.7 Å². The van der Waals surface area contributed by atoms with Crippen LogP contribution in [-0.2, 0) is 27.7 Å². The highest BCUT2D eigenvalue weighted by atomic mass is 32.2. The van der Waals surface area contributed by atoms with Gasteiger partial charge in [-0.3, -0.25) is 9.79 Å². The van der Waals surface area contributed by atoms with Crippen LogP contribution in [0.15, 0.2) is 52.4 Å². The molecule has 0 bridgehead atoms. The van der Waals surface area contributed by atoms with Crippen molar-refractivity contribution in [1.82, 2.24) is 10.6 Å². The lowest BCUT2D eigenvalue weighted by molar-refractivity contribution is -0.122. The number of carbonyl (C=O) groups is 1. The Hall–Kier alpha value is -2.87. The monoisotopic (exact) mass is 442 g/mol. The second-order valence-electron chi connectivity index (χ2n) is 7.97. The zero-order valence-electron chi connectivity index (χ0n) is 18.2. The van der Waals surface area contributed by atoms with Crippen molar-refractivity contribution in [2.45, 2.75) is 44.2 Å². The smallest absolute Gasteiger partial charge is 0.227 e. The van der Waals surface area contributed by atoms with E-state index in [9.17, 15) is 13.2 Å². The van der Waals surface area contributed by atoms with Crippen molar-refractivity contribution in [2.75, 3.05) is 18.6 Å². The lowest BCUT2D eigenvalue weighted by atomic mass is 9.85. The number of nitrogens with one attached hydrogen (secondary N) is 3. The second-order valence-corrected chi connectivity index (χ2v) is 9.95. The fourth-order valence-corrected chi connectivity index (χ4v) is 4.46. The topological polar surface area (TPSA) is 99.7 Å². The molecule has 8 heteroatoms. The van der Waals surface area contributed by atoms with E-state index in [2.05, 4.69) is 20.9 Å². The third-order valence-electron chi connectivity index (χ3n) is 5.45. The first-order chi connectivity index (χ1) is 14.8. The maximum absolute atomic E-state index is 12.1. The zero-order valence-corrected chi connectivity index (χ0v) is 19.1. The molecular formula is C23H30N4O3S. The van der Waals surface area contributed by atoms with E-state index in [1.807, 2.05) is 30.3 Å². The molecule has 0 saturated heterocycles. The van der Waals surface area contributed by atoms with Gasteiger partial charge in [-0.15, -0.1) is 0 Å². The molecule has 0 unspecified atom stereocenters. The molecule has 2 aromatic rings. The number of anilines is 1. The van der Waals surface area contributed by atoms with Crippen LogP contribution in [0.3, 0.4) is 0 Å². The van der Waals surface area contributed by atoms with Gasteiger partial charge in [0.1, 0.15) is 0 Å². The van der Waals surface area contributed by atoms with Gasteiger partial charge in [0.15, 0.2) is 15.8 Å². The molecular weight excluding hydrogens is 412 g/mol. The van der Waals surface area contributed by atoms with Crippen molar-refractivity contribution in [2.24, 2.45) is 10.9 Å². The van der Waals surface area contributed by atoms with Crippen molar-refractivity contribution in [1.29, 1.82) is 0 Å². The highest BCUT2D eigenvalue weighted by Gasteiger charge is 2.25. The largest absolute Gasteiger partial charge is 0.352 e. The number of amides is 1. The molecule has 1 amide bonds. The Kier molecular flexibility index (Phi) is 7.33. The van der Waals surface area contributed by atoms with Gasteiger partial charge in [0.2, 0.25) is 5.91 Å². The van der Waals surface area contributed by atoms with Crippen LogP contribution in [0.5, 0.6) is 0 Å². The average molecular weight is 443 g/mol. The van der Waals surface area contributed by atoms with Crippen molar-refractivity contribution >= 4 is 27.4 Å². The molecule has 166 valence electrons. The van der Waals surface area contributed by atoms with Crippen molar-refractivity contribution < 1.29 is 13.2 Å². The van der Waals surface area contributed by atoms with E-state index in [4.69, 9.17) is 0 Å². The molecule has 7 nitrogen and oxygen atoms in total. The Labute approximate surface area is 184 Å². The normalized spacial score (nSPS) is 14.6. The number of sulfone groups is 1. The third-order valence-corrected chi connectivity index (χ3v) is 6.71. The predicted molar refractivity (Wildman–Crippen MR) is 124 cm³/mol. The molecule has 0 atom stereocenters. The summed E-state index contributed by atoms with van der Waals surface area (Å²) in [6.07, 6.45) is 4.31. The third kappa shape index (κ3) is 6.30. The summed E-state index contributed by atoms with van der Waals surface area (Å²) >= 11 is 0. The summed E-state index contributed by atoms with van der Waals surface area (Å²) < 4.78 is 23.5. The molecule has 0 aromatic heterocycles. The molecule has 3 rings (SSSR count). The molecule has 0 spiro atoms. The van der Waals surface area contributed by atoms with Crippen LogP contribution in [0.4, 0.5) is 5.69 Å². The predicted octanol–water partition coefficient (Wildman–Crippen LogP) is 3.00. The zero-order chi connectivity index (χ0) is 22.4. The van der Waals surface area contributed by atoms with E-state index >= 15 is 0 Å². The van der Waals surface area contributed by atoms with Crippen LogP contribution in [0.2, 0.25) is 0 Å². The standard InChI is InChI=1S/C23H30N4O3S/c1-16-12-18(10-11-21(16)31(3,29)30)15-26-23(24-2)25-14-17-6-4-9-20(13-17)27-22(28)19-7-5-8-19/h4,6,9-13,19H,5,7-8,14-15H2,1-3H3,(H,27,28)(H2,24,25,26). The van der Waals surface area contributed by atoms with Gasteiger partial charge in [-0.25, -0.2) is 8.42 Å². The van der Waals surface area contributed by atoms with Crippen LogP contribution in [0, 0.1) is 12.8 Å². The van der Waals surface area contributed by atoms with E-state index in [1.54, 1.807) is 26.1 Å². The number of aliphatic imine (C=N–C) groups is 1. The first-order valence-electron chi connectivity index (χ1n) is 10.4. The minimum absolute atomic E-state index is 0.103. The molecule has 0 heterocycles. The van der Waals surface area contributed by atoms with Gasteiger partial charge in [0, 0.05) is 38.0 Å². The Balaban J connectivity index is 1.53. The first-order valence-corrected chi connectivity index (χ1v) is 12.3. The number of aryl methyl sites for hydroxylation is 1. The maximum atomic E-state index is 12.1. The summed E-state index contributed by atoms with van der Waals surface area (Å²) in [5.74, 6) is 0.889. The Morgan fingerprint density at radius 1 is 1.06 bits per heavy atom. The van der Waals surface area contributed by atoms with E-state index in [-0.39, 0.29) is 11.8 Å². The van der Waals surface area contributed by atoms with Crippen LogP contribution < -0.4 is 16.0 Å². The minimum atomic E-state index is -3.22. The number of benzene rings is 2. The summed E-state index contributed by atoms with van der Waals surface area (Å²) in [6, 6.07) is 13.1. The Morgan fingerprint density at radius 3 is 2.29 bits per heavy atom. The van der Waals surface area contributed by atoms with Gasteiger partial charge in [-0.05, 0) is 54.7 Å². The van der Waals surface area contributed by atoms with E-state index in [0.717, 1.165) is 41.6 Å². The number of hydrogen-bond donors (Lipinski definition) is 3. The van der Waals surface area contributed by atoms with Crippen LogP contribution in [-0.4, -0.2) is 33.6 Å². The summed E-state index contributed by atoms with van der Waals surface area (Å²) in [7, 11) is -1.53. The number of rotatable bonds is 7.